The van der Waals surface area contributed by atoms with Gasteiger partial charge in [0.15, 0.2) is 0 Å². The molecule has 6 nitrogen and oxygen atoms in total. The van der Waals surface area contributed by atoms with E-state index in [1.54, 1.807) is 24.5 Å². The van der Waals surface area contributed by atoms with Gasteiger partial charge in [-0.2, -0.15) is 0 Å². The third kappa shape index (κ3) is 5.88. The second kappa shape index (κ2) is 7.94. The fourth-order valence-electron chi connectivity index (χ4n) is 2.15. The van der Waals surface area contributed by atoms with E-state index in [-0.39, 0.29) is 10.8 Å². The number of carbonyl (C=O) groups is 1. The zero-order valence-electron chi connectivity index (χ0n) is 12.7. The maximum atomic E-state index is 11.7. The molecule has 1 amide bonds. The van der Waals surface area contributed by atoms with Gasteiger partial charge in [-0.15, -0.1) is 0 Å². The van der Waals surface area contributed by atoms with Crippen molar-refractivity contribution in [1.82, 2.24) is 5.32 Å². The first-order valence-corrected chi connectivity index (χ1v) is 8.90. The van der Waals surface area contributed by atoms with Crippen LogP contribution in [-0.2, 0) is 27.7 Å². The smallest absolute Gasteiger partial charge is 0.238 e. The summed E-state index contributed by atoms with van der Waals surface area (Å²) in [5, 5.41) is 7.90. The van der Waals surface area contributed by atoms with Crippen molar-refractivity contribution in [1.29, 1.82) is 0 Å². The molecule has 0 aliphatic carbocycles. The molecule has 7 heteroatoms. The highest BCUT2D eigenvalue weighted by Crippen LogP contribution is 2.10. The number of aryl methyl sites for hydroxylation is 2. The number of hydrogen-bond donors (Lipinski definition) is 2. The van der Waals surface area contributed by atoms with E-state index in [0.29, 0.717) is 19.4 Å². The molecule has 1 aromatic carbocycles. The molecular weight excluding hydrogens is 316 g/mol. The third-order valence-electron chi connectivity index (χ3n) is 3.39. The molecule has 3 N–H and O–H groups in total. The van der Waals surface area contributed by atoms with Crippen LogP contribution >= 0.6 is 0 Å². The lowest BCUT2D eigenvalue weighted by Gasteiger charge is -2.05. The van der Waals surface area contributed by atoms with Crippen LogP contribution in [0.5, 0.6) is 0 Å². The minimum absolute atomic E-state index is 0.00836. The van der Waals surface area contributed by atoms with Gasteiger partial charge < -0.3 is 9.73 Å². The molecule has 0 aliphatic rings. The molecule has 0 bridgehead atoms. The summed E-state index contributed by atoms with van der Waals surface area (Å²) in [5.74, 6) is 0.793. The van der Waals surface area contributed by atoms with Crippen LogP contribution in [0.15, 0.2) is 52.0 Å². The topological polar surface area (TPSA) is 102 Å². The SMILES string of the molecule is NS(=O)(=O)c1ccc(CCCNC(=O)CCc2ccco2)cc1. The van der Waals surface area contributed by atoms with Crippen LogP contribution in [0.4, 0.5) is 0 Å². The van der Waals surface area contributed by atoms with Crippen molar-refractivity contribution >= 4 is 15.9 Å². The van der Waals surface area contributed by atoms with Crippen molar-refractivity contribution in [2.24, 2.45) is 5.14 Å². The molecule has 0 aliphatic heterocycles. The van der Waals surface area contributed by atoms with Gasteiger partial charge in [0.1, 0.15) is 5.76 Å². The van der Waals surface area contributed by atoms with Crippen molar-refractivity contribution in [3.63, 3.8) is 0 Å². The fourth-order valence-corrected chi connectivity index (χ4v) is 2.66. The van der Waals surface area contributed by atoms with E-state index in [2.05, 4.69) is 5.32 Å². The van der Waals surface area contributed by atoms with Crippen LogP contribution in [0.2, 0.25) is 0 Å². The Balaban J connectivity index is 1.66. The van der Waals surface area contributed by atoms with E-state index >= 15 is 0 Å². The summed E-state index contributed by atoms with van der Waals surface area (Å²) in [6, 6.07) is 10.1. The molecule has 0 saturated carbocycles. The van der Waals surface area contributed by atoms with E-state index < -0.39 is 10.0 Å². The van der Waals surface area contributed by atoms with Crippen molar-refractivity contribution in [3.05, 3.63) is 54.0 Å². The van der Waals surface area contributed by atoms with E-state index in [9.17, 15) is 13.2 Å². The van der Waals surface area contributed by atoms with Crippen molar-refractivity contribution in [2.75, 3.05) is 6.54 Å². The minimum Gasteiger partial charge on any atom is -0.469 e. The maximum absolute atomic E-state index is 11.7. The molecule has 0 atom stereocenters. The monoisotopic (exact) mass is 336 g/mol. The zero-order valence-corrected chi connectivity index (χ0v) is 13.5. The Hall–Kier alpha value is -2.12. The number of rotatable bonds is 8. The fraction of sp³-hybridized carbons (Fsp3) is 0.312. The molecule has 0 saturated heterocycles. The van der Waals surface area contributed by atoms with Crippen LogP contribution in [0.3, 0.4) is 0 Å². The Morgan fingerprint density at radius 3 is 2.48 bits per heavy atom. The van der Waals surface area contributed by atoms with E-state index in [0.717, 1.165) is 24.2 Å². The lowest BCUT2D eigenvalue weighted by Crippen LogP contribution is -2.24. The number of nitrogens with two attached hydrogens (primary N) is 1. The largest absolute Gasteiger partial charge is 0.469 e. The van der Waals surface area contributed by atoms with Crippen molar-refractivity contribution in [2.45, 2.75) is 30.6 Å². The summed E-state index contributed by atoms with van der Waals surface area (Å²) >= 11 is 0. The van der Waals surface area contributed by atoms with Gasteiger partial charge in [0, 0.05) is 19.4 Å². The Morgan fingerprint density at radius 2 is 1.87 bits per heavy atom. The first kappa shape index (κ1) is 17.2. The molecular formula is C16H20N2O4S. The first-order chi connectivity index (χ1) is 10.9. The Morgan fingerprint density at radius 1 is 1.13 bits per heavy atom. The second-order valence-corrected chi connectivity index (χ2v) is 6.78. The molecule has 0 fully saturated rings. The van der Waals surface area contributed by atoms with Gasteiger partial charge in [0.25, 0.3) is 0 Å². The normalized spacial score (nSPS) is 11.3. The van der Waals surface area contributed by atoms with E-state index in [1.165, 1.54) is 12.1 Å². The van der Waals surface area contributed by atoms with E-state index in [4.69, 9.17) is 9.56 Å². The van der Waals surface area contributed by atoms with Gasteiger partial charge >= 0.3 is 0 Å². The van der Waals surface area contributed by atoms with Gasteiger partial charge in [0.2, 0.25) is 15.9 Å². The highest BCUT2D eigenvalue weighted by molar-refractivity contribution is 7.89. The summed E-state index contributed by atoms with van der Waals surface area (Å²) in [7, 11) is -3.65. The van der Waals surface area contributed by atoms with Gasteiger partial charge in [-0.1, -0.05) is 12.1 Å². The highest BCUT2D eigenvalue weighted by Gasteiger charge is 2.07. The zero-order chi connectivity index (χ0) is 16.7. The van der Waals surface area contributed by atoms with Crippen LogP contribution < -0.4 is 10.5 Å². The van der Waals surface area contributed by atoms with Gasteiger partial charge in [-0.3, -0.25) is 4.79 Å². The number of primary sulfonamides is 1. The number of benzene rings is 1. The lowest BCUT2D eigenvalue weighted by molar-refractivity contribution is -0.121. The second-order valence-electron chi connectivity index (χ2n) is 5.22. The van der Waals surface area contributed by atoms with E-state index in [1.807, 2.05) is 6.07 Å². The summed E-state index contributed by atoms with van der Waals surface area (Å²) in [5.41, 5.74) is 1.00. The van der Waals surface area contributed by atoms with Crippen molar-refractivity contribution in [3.8, 4) is 0 Å². The number of hydrogen-bond acceptors (Lipinski definition) is 4. The number of furan rings is 1. The highest BCUT2D eigenvalue weighted by atomic mass is 32.2. The standard InChI is InChI=1S/C16H20N2O4S/c17-23(20,21)15-8-5-13(6-9-15)3-1-11-18-16(19)10-7-14-4-2-12-22-14/h2,4-6,8-9,12H,1,3,7,10-11H2,(H,18,19)(H2,17,20,21). The summed E-state index contributed by atoms with van der Waals surface area (Å²) < 4.78 is 27.5. The summed E-state index contributed by atoms with van der Waals surface area (Å²) in [6.07, 6.45) is 4.11. The van der Waals surface area contributed by atoms with Crippen LogP contribution in [0.25, 0.3) is 0 Å². The Bertz CT molecular complexity index is 722. The lowest BCUT2D eigenvalue weighted by atomic mass is 10.1. The van der Waals surface area contributed by atoms with Crippen LogP contribution in [0, 0.1) is 0 Å². The number of sulfonamides is 1. The van der Waals surface area contributed by atoms with Gasteiger partial charge in [0.05, 0.1) is 11.2 Å². The molecule has 0 spiro atoms. The average Bonchev–Trinajstić information content (AvgIpc) is 3.02. The number of nitrogens with one attached hydrogen (secondary N) is 1. The molecule has 1 heterocycles. The van der Waals surface area contributed by atoms with Gasteiger partial charge in [-0.25, -0.2) is 13.6 Å². The Labute approximate surface area is 135 Å². The predicted octanol–water partition coefficient (Wildman–Crippen LogP) is 1.61. The minimum atomic E-state index is -3.65. The van der Waals surface area contributed by atoms with Crippen molar-refractivity contribution < 1.29 is 17.6 Å². The molecule has 1 aromatic heterocycles. The van der Waals surface area contributed by atoms with Crippen LogP contribution in [-0.4, -0.2) is 20.9 Å². The van der Waals surface area contributed by atoms with Crippen LogP contribution in [0.1, 0.15) is 24.2 Å². The molecule has 0 radical (unpaired) electrons. The maximum Gasteiger partial charge on any atom is 0.238 e. The quantitative estimate of drug-likeness (QED) is 0.715. The number of amides is 1. The Kier molecular flexibility index (Phi) is 5.95. The number of carbonyl (C=O) groups excluding carboxylic acids is 1. The first-order valence-electron chi connectivity index (χ1n) is 7.36. The molecule has 2 aromatic rings. The molecule has 124 valence electrons. The third-order valence-corrected chi connectivity index (χ3v) is 4.32. The molecule has 2 rings (SSSR count). The molecule has 0 unspecified atom stereocenters. The van der Waals surface area contributed by atoms with Gasteiger partial charge in [-0.05, 0) is 42.7 Å². The average molecular weight is 336 g/mol. The summed E-state index contributed by atoms with van der Waals surface area (Å²) in [4.78, 5) is 11.8. The molecule has 23 heavy (non-hydrogen) atoms. The summed E-state index contributed by atoms with van der Waals surface area (Å²) in [6.45, 7) is 0.577. The predicted molar refractivity (Wildman–Crippen MR) is 86.2 cm³/mol.